The molecule has 0 radical (unpaired) electrons. The van der Waals surface area contributed by atoms with Crippen LogP contribution in [0, 0.1) is 0 Å². The molecule has 0 aliphatic heterocycles. The second-order valence-electron chi connectivity index (χ2n) is 4.29. The SMILES string of the molecule is CC(C)c1nc(C(N)c2cc(Cl)ccc2Cl)no1. The van der Waals surface area contributed by atoms with Gasteiger partial charge in [-0.2, -0.15) is 4.98 Å². The molecular formula is C12H13Cl2N3O. The number of nitrogens with zero attached hydrogens (tertiary/aromatic N) is 2. The van der Waals surface area contributed by atoms with E-state index in [4.69, 9.17) is 33.5 Å². The highest BCUT2D eigenvalue weighted by Crippen LogP contribution is 2.28. The van der Waals surface area contributed by atoms with Gasteiger partial charge in [-0.3, -0.25) is 0 Å². The zero-order chi connectivity index (χ0) is 13.3. The Balaban J connectivity index is 2.34. The summed E-state index contributed by atoms with van der Waals surface area (Å²) in [6, 6.07) is 4.56. The van der Waals surface area contributed by atoms with Crippen LogP contribution in [0.2, 0.25) is 10.0 Å². The highest BCUT2D eigenvalue weighted by atomic mass is 35.5. The number of hydrogen-bond donors (Lipinski definition) is 1. The van der Waals surface area contributed by atoms with Gasteiger partial charge in [-0.15, -0.1) is 0 Å². The van der Waals surface area contributed by atoms with Crippen LogP contribution in [0.5, 0.6) is 0 Å². The maximum atomic E-state index is 6.09. The van der Waals surface area contributed by atoms with Gasteiger partial charge in [0, 0.05) is 16.0 Å². The van der Waals surface area contributed by atoms with Gasteiger partial charge >= 0.3 is 0 Å². The first-order valence-electron chi connectivity index (χ1n) is 5.53. The fraction of sp³-hybridized carbons (Fsp3) is 0.333. The van der Waals surface area contributed by atoms with E-state index in [0.717, 1.165) is 0 Å². The maximum absolute atomic E-state index is 6.09. The van der Waals surface area contributed by atoms with E-state index in [0.29, 0.717) is 27.3 Å². The summed E-state index contributed by atoms with van der Waals surface area (Å²) in [5.41, 5.74) is 6.75. The third kappa shape index (κ3) is 2.66. The van der Waals surface area contributed by atoms with Crippen molar-refractivity contribution in [2.75, 3.05) is 0 Å². The van der Waals surface area contributed by atoms with E-state index in [1.807, 2.05) is 13.8 Å². The van der Waals surface area contributed by atoms with Crippen LogP contribution in [-0.4, -0.2) is 10.1 Å². The maximum Gasteiger partial charge on any atom is 0.229 e. The average molecular weight is 286 g/mol. The molecule has 0 saturated carbocycles. The molecule has 2 N–H and O–H groups in total. The van der Waals surface area contributed by atoms with Crippen LogP contribution in [0.25, 0.3) is 0 Å². The largest absolute Gasteiger partial charge is 0.339 e. The minimum absolute atomic E-state index is 0.160. The van der Waals surface area contributed by atoms with Crippen molar-refractivity contribution in [1.82, 2.24) is 10.1 Å². The van der Waals surface area contributed by atoms with Crippen LogP contribution in [0.15, 0.2) is 22.7 Å². The summed E-state index contributed by atoms with van der Waals surface area (Å²) in [5.74, 6) is 1.12. The van der Waals surface area contributed by atoms with Gasteiger partial charge in [0.25, 0.3) is 0 Å². The number of hydrogen-bond acceptors (Lipinski definition) is 4. The van der Waals surface area contributed by atoms with E-state index in [-0.39, 0.29) is 5.92 Å². The summed E-state index contributed by atoms with van der Waals surface area (Å²) < 4.78 is 5.12. The van der Waals surface area contributed by atoms with Gasteiger partial charge in [0.1, 0.15) is 0 Å². The van der Waals surface area contributed by atoms with Crippen molar-refractivity contribution in [3.8, 4) is 0 Å². The van der Waals surface area contributed by atoms with Gasteiger partial charge < -0.3 is 10.3 Å². The normalized spacial score (nSPS) is 13.0. The minimum atomic E-state index is -0.549. The fourth-order valence-corrected chi connectivity index (χ4v) is 1.92. The summed E-state index contributed by atoms with van der Waals surface area (Å²) in [5, 5.41) is 4.97. The number of nitrogens with two attached hydrogens (primary N) is 1. The Labute approximate surface area is 115 Å². The highest BCUT2D eigenvalue weighted by Gasteiger charge is 2.20. The van der Waals surface area contributed by atoms with Crippen LogP contribution < -0.4 is 5.73 Å². The molecule has 0 amide bonds. The molecule has 4 nitrogen and oxygen atoms in total. The molecule has 0 bridgehead atoms. The zero-order valence-corrected chi connectivity index (χ0v) is 11.5. The van der Waals surface area contributed by atoms with E-state index in [1.54, 1.807) is 18.2 Å². The molecule has 6 heteroatoms. The Morgan fingerprint density at radius 1 is 1.28 bits per heavy atom. The number of aromatic nitrogens is 2. The molecule has 1 unspecified atom stereocenters. The molecule has 0 saturated heterocycles. The number of halogens is 2. The van der Waals surface area contributed by atoms with Crippen molar-refractivity contribution < 1.29 is 4.52 Å². The first kappa shape index (κ1) is 13.3. The van der Waals surface area contributed by atoms with Crippen LogP contribution >= 0.6 is 23.2 Å². The molecule has 1 heterocycles. The molecule has 1 atom stereocenters. The molecule has 1 aromatic carbocycles. The molecule has 2 rings (SSSR count). The van der Waals surface area contributed by atoms with Crippen LogP contribution in [-0.2, 0) is 0 Å². The monoisotopic (exact) mass is 285 g/mol. The lowest BCUT2D eigenvalue weighted by atomic mass is 10.1. The van der Waals surface area contributed by atoms with Gasteiger partial charge in [0.05, 0.1) is 6.04 Å². The van der Waals surface area contributed by atoms with Crippen molar-refractivity contribution in [3.63, 3.8) is 0 Å². The van der Waals surface area contributed by atoms with Crippen molar-refractivity contribution in [2.45, 2.75) is 25.8 Å². The first-order valence-corrected chi connectivity index (χ1v) is 6.28. The predicted octanol–water partition coefficient (Wildman–Crippen LogP) is 3.55. The van der Waals surface area contributed by atoms with Crippen molar-refractivity contribution in [2.24, 2.45) is 5.73 Å². The third-order valence-corrected chi connectivity index (χ3v) is 3.10. The Morgan fingerprint density at radius 3 is 2.61 bits per heavy atom. The van der Waals surface area contributed by atoms with Crippen LogP contribution in [0.4, 0.5) is 0 Å². The molecule has 2 aromatic rings. The van der Waals surface area contributed by atoms with Crippen molar-refractivity contribution in [1.29, 1.82) is 0 Å². The summed E-state index contributed by atoms with van der Waals surface area (Å²) in [6.07, 6.45) is 0. The van der Waals surface area contributed by atoms with Gasteiger partial charge in [0.2, 0.25) is 5.89 Å². The summed E-state index contributed by atoms with van der Waals surface area (Å²) >= 11 is 12.0. The van der Waals surface area contributed by atoms with Gasteiger partial charge in [-0.25, -0.2) is 0 Å². The third-order valence-electron chi connectivity index (χ3n) is 2.52. The van der Waals surface area contributed by atoms with Gasteiger partial charge in [-0.1, -0.05) is 42.2 Å². The van der Waals surface area contributed by atoms with E-state index >= 15 is 0 Å². The van der Waals surface area contributed by atoms with Gasteiger partial charge in [-0.05, 0) is 23.8 Å². The predicted molar refractivity (Wildman–Crippen MR) is 70.9 cm³/mol. The standard InChI is InChI=1S/C12H13Cl2N3O/c1-6(2)12-16-11(17-18-12)10(15)8-5-7(13)3-4-9(8)14/h3-6,10H,15H2,1-2H3. The number of benzene rings is 1. The highest BCUT2D eigenvalue weighted by molar-refractivity contribution is 6.33. The van der Waals surface area contributed by atoms with E-state index in [2.05, 4.69) is 10.1 Å². The fourth-order valence-electron chi connectivity index (χ4n) is 1.50. The Hall–Kier alpha value is -1.10. The zero-order valence-electron chi connectivity index (χ0n) is 10.0. The lowest BCUT2D eigenvalue weighted by Gasteiger charge is -2.09. The quantitative estimate of drug-likeness (QED) is 0.937. The van der Waals surface area contributed by atoms with Crippen molar-refractivity contribution >= 4 is 23.2 Å². The van der Waals surface area contributed by atoms with E-state index in [9.17, 15) is 0 Å². The first-order chi connectivity index (χ1) is 8.49. The molecule has 18 heavy (non-hydrogen) atoms. The number of rotatable bonds is 3. The lowest BCUT2D eigenvalue weighted by Crippen LogP contribution is -2.14. The molecule has 0 spiro atoms. The Morgan fingerprint density at radius 2 is 2.00 bits per heavy atom. The smallest absolute Gasteiger partial charge is 0.229 e. The second kappa shape index (κ2) is 5.26. The topological polar surface area (TPSA) is 64.9 Å². The Bertz CT molecular complexity index is 554. The summed E-state index contributed by atoms with van der Waals surface area (Å²) in [4.78, 5) is 4.25. The van der Waals surface area contributed by atoms with Gasteiger partial charge in [0.15, 0.2) is 5.82 Å². The Kier molecular flexibility index (Phi) is 3.90. The minimum Gasteiger partial charge on any atom is -0.339 e. The van der Waals surface area contributed by atoms with E-state index < -0.39 is 6.04 Å². The summed E-state index contributed by atoms with van der Waals surface area (Å²) in [6.45, 7) is 3.93. The van der Waals surface area contributed by atoms with Crippen molar-refractivity contribution in [3.05, 3.63) is 45.5 Å². The lowest BCUT2D eigenvalue weighted by molar-refractivity contribution is 0.359. The van der Waals surface area contributed by atoms with E-state index in [1.165, 1.54) is 0 Å². The molecule has 96 valence electrons. The molecule has 0 aliphatic rings. The van der Waals surface area contributed by atoms with Crippen LogP contribution in [0.3, 0.4) is 0 Å². The summed E-state index contributed by atoms with van der Waals surface area (Å²) in [7, 11) is 0. The molecule has 0 aliphatic carbocycles. The second-order valence-corrected chi connectivity index (χ2v) is 5.13. The van der Waals surface area contributed by atoms with Crippen LogP contribution in [0.1, 0.15) is 43.1 Å². The molecular weight excluding hydrogens is 273 g/mol. The molecule has 0 fully saturated rings. The average Bonchev–Trinajstić information content (AvgIpc) is 2.81. The molecule has 1 aromatic heterocycles.